The molecule has 7 nitrogen and oxygen atoms in total. The van der Waals surface area contributed by atoms with Crippen LogP contribution in [0.4, 0.5) is 5.69 Å². The largest absolute Gasteiger partial charge is 0.332 e. The molecule has 4 rings (SSSR count). The van der Waals surface area contributed by atoms with Crippen molar-refractivity contribution in [1.29, 1.82) is 0 Å². The number of fused-ring (bicyclic) bond motifs is 1. The first kappa shape index (κ1) is 22.0. The van der Waals surface area contributed by atoms with Gasteiger partial charge in [-0.15, -0.1) is 0 Å². The molecule has 32 heavy (non-hydrogen) atoms. The summed E-state index contributed by atoms with van der Waals surface area (Å²) >= 11 is 0. The van der Waals surface area contributed by atoms with Crippen LogP contribution in [0.3, 0.4) is 0 Å². The highest BCUT2D eigenvalue weighted by Crippen LogP contribution is 2.23. The summed E-state index contributed by atoms with van der Waals surface area (Å²) in [5.74, 6) is -0.673. The average molecular weight is 452 g/mol. The van der Waals surface area contributed by atoms with Gasteiger partial charge in [-0.25, -0.2) is 8.42 Å². The molecule has 0 saturated carbocycles. The number of carbonyl (C=O) groups excluding carboxylic acids is 2. The number of sulfonamides is 1. The summed E-state index contributed by atoms with van der Waals surface area (Å²) in [6.07, 6.45) is 1.73. The van der Waals surface area contributed by atoms with E-state index in [0.717, 1.165) is 23.6 Å². The zero-order chi connectivity index (χ0) is 22.7. The van der Waals surface area contributed by atoms with E-state index < -0.39 is 10.0 Å². The number of hydrogen-bond acceptors (Lipinski definition) is 4. The summed E-state index contributed by atoms with van der Waals surface area (Å²) in [7, 11) is -1.99. The smallest absolute Gasteiger partial charge is 0.254 e. The number of hydrogen-bond donors (Lipinski definition) is 1. The van der Waals surface area contributed by atoms with Gasteiger partial charge in [-0.1, -0.05) is 36.4 Å². The Labute approximate surface area is 187 Å². The summed E-state index contributed by atoms with van der Waals surface area (Å²) in [5, 5.41) is 4.80. The van der Waals surface area contributed by atoms with Crippen molar-refractivity contribution in [1.82, 2.24) is 9.21 Å². The molecule has 0 spiro atoms. The molecular formula is C24H25N3O4S. The van der Waals surface area contributed by atoms with Crippen molar-refractivity contribution < 1.29 is 18.0 Å². The number of likely N-dealkylation sites (N-methyl/N-ethyl adjacent to an activating group) is 1. The number of rotatable bonds is 6. The average Bonchev–Trinajstić information content (AvgIpc) is 3.35. The molecule has 1 fully saturated rings. The van der Waals surface area contributed by atoms with Gasteiger partial charge in [-0.05, 0) is 48.6 Å². The minimum Gasteiger partial charge on any atom is -0.332 e. The zero-order valence-corrected chi connectivity index (χ0v) is 18.6. The Bertz CT molecular complexity index is 1240. The predicted molar refractivity (Wildman–Crippen MR) is 124 cm³/mol. The Kier molecular flexibility index (Phi) is 6.25. The molecule has 0 unspecified atom stereocenters. The van der Waals surface area contributed by atoms with Crippen molar-refractivity contribution in [3.63, 3.8) is 0 Å². The summed E-state index contributed by atoms with van der Waals surface area (Å²) in [4.78, 5) is 26.8. The van der Waals surface area contributed by atoms with Crippen LogP contribution in [0.1, 0.15) is 23.2 Å². The Hall–Kier alpha value is -3.23. The van der Waals surface area contributed by atoms with Gasteiger partial charge in [0.15, 0.2) is 0 Å². The monoisotopic (exact) mass is 451 g/mol. The van der Waals surface area contributed by atoms with Gasteiger partial charge in [-0.3, -0.25) is 9.59 Å². The van der Waals surface area contributed by atoms with Gasteiger partial charge in [0.25, 0.3) is 5.91 Å². The van der Waals surface area contributed by atoms with E-state index in [0.29, 0.717) is 24.3 Å². The standard InChI is InChI=1S/C24H25N3O4S/c1-26(17-23(28)25-22-10-6-8-18-7-2-3-9-21(18)22)24(29)19-11-13-20(14-12-19)32(30,31)27-15-4-5-16-27/h2-3,6-14H,4-5,15-17H2,1H3,(H,25,28). The quantitative estimate of drug-likeness (QED) is 0.623. The predicted octanol–water partition coefficient (Wildman–Crippen LogP) is 3.34. The van der Waals surface area contributed by atoms with E-state index in [9.17, 15) is 18.0 Å². The number of carbonyl (C=O) groups is 2. The molecule has 0 aromatic heterocycles. The van der Waals surface area contributed by atoms with Crippen LogP contribution >= 0.6 is 0 Å². The number of anilines is 1. The highest BCUT2D eigenvalue weighted by atomic mass is 32.2. The van der Waals surface area contributed by atoms with Gasteiger partial charge >= 0.3 is 0 Å². The third-order valence-electron chi connectivity index (χ3n) is 5.60. The second kappa shape index (κ2) is 9.10. The van der Waals surface area contributed by atoms with E-state index in [4.69, 9.17) is 0 Å². The van der Waals surface area contributed by atoms with Gasteiger partial charge in [0.2, 0.25) is 15.9 Å². The topological polar surface area (TPSA) is 86.8 Å². The summed E-state index contributed by atoms with van der Waals surface area (Å²) in [6.45, 7) is 0.922. The fourth-order valence-corrected chi connectivity index (χ4v) is 5.40. The lowest BCUT2D eigenvalue weighted by atomic mass is 10.1. The molecule has 1 heterocycles. The molecule has 1 N–H and O–H groups in total. The van der Waals surface area contributed by atoms with Crippen LogP contribution < -0.4 is 5.32 Å². The SMILES string of the molecule is CN(CC(=O)Nc1cccc2ccccc12)C(=O)c1ccc(S(=O)(=O)N2CCCC2)cc1. The molecule has 1 saturated heterocycles. The Morgan fingerprint density at radius 3 is 2.31 bits per heavy atom. The zero-order valence-electron chi connectivity index (χ0n) is 17.8. The van der Waals surface area contributed by atoms with E-state index in [1.54, 1.807) is 7.05 Å². The van der Waals surface area contributed by atoms with Crippen LogP contribution in [-0.2, 0) is 14.8 Å². The number of nitrogens with zero attached hydrogens (tertiary/aromatic N) is 2. The molecule has 3 aromatic carbocycles. The molecule has 166 valence electrons. The molecule has 0 atom stereocenters. The molecule has 1 aliphatic heterocycles. The van der Waals surface area contributed by atoms with Crippen molar-refractivity contribution in [3.8, 4) is 0 Å². The lowest BCUT2D eigenvalue weighted by Crippen LogP contribution is -2.35. The molecule has 8 heteroatoms. The van der Waals surface area contributed by atoms with Gasteiger partial charge in [0.1, 0.15) is 0 Å². The second-order valence-corrected chi connectivity index (χ2v) is 9.81. The van der Waals surface area contributed by atoms with Crippen molar-refractivity contribution in [2.45, 2.75) is 17.7 Å². The van der Waals surface area contributed by atoms with E-state index in [1.165, 1.54) is 33.5 Å². The summed E-state index contributed by atoms with van der Waals surface area (Å²) in [5.41, 5.74) is 1.01. The fourth-order valence-electron chi connectivity index (χ4n) is 3.88. The molecule has 0 radical (unpaired) electrons. The lowest BCUT2D eigenvalue weighted by Gasteiger charge is -2.18. The van der Waals surface area contributed by atoms with Crippen LogP contribution in [-0.4, -0.2) is 56.1 Å². The summed E-state index contributed by atoms with van der Waals surface area (Å²) < 4.78 is 26.7. The maximum Gasteiger partial charge on any atom is 0.254 e. The fraction of sp³-hybridized carbons (Fsp3) is 0.250. The maximum absolute atomic E-state index is 12.7. The Morgan fingerprint density at radius 2 is 1.59 bits per heavy atom. The molecule has 1 aliphatic rings. The molecule has 2 amide bonds. The van der Waals surface area contributed by atoms with Crippen LogP contribution in [0, 0.1) is 0 Å². The first-order valence-electron chi connectivity index (χ1n) is 10.5. The van der Waals surface area contributed by atoms with E-state index >= 15 is 0 Å². The van der Waals surface area contributed by atoms with Gasteiger partial charge in [-0.2, -0.15) is 4.31 Å². The van der Waals surface area contributed by atoms with Crippen LogP contribution in [0.25, 0.3) is 10.8 Å². The summed E-state index contributed by atoms with van der Waals surface area (Å²) in [6, 6.07) is 19.3. The number of benzene rings is 3. The van der Waals surface area contributed by atoms with Gasteiger partial charge in [0.05, 0.1) is 11.4 Å². The van der Waals surface area contributed by atoms with E-state index in [2.05, 4.69) is 5.32 Å². The Balaban J connectivity index is 1.41. The molecule has 0 aliphatic carbocycles. The van der Waals surface area contributed by atoms with E-state index in [1.807, 2.05) is 42.5 Å². The normalized spacial score (nSPS) is 14.4. The molecular weight excluding hydrogens is 426 g/mol. The molecule has 3 aromatic rings. The number of nitrogens with one attached hydrogen (secondary N) is 1. The van der Waals surface area contributed by atoms with Crippen LogP contribution in [0.2, 0.25) is 0 Å². The Morgan fingerprint density at radius 1 is 0.938 bits per heavy atom. The maximum atomic E-state index is 12.7. The lowest BCUT2D eigenvalue weighted by molar-refractivity contribution is -0.116. The second-order valence-electron chi connectivity index (χ2n) is 7.87. The van der Waals surface area contributed by atoms with Crippen molar-refractivity contribution in [3.05, 3.63) is 72.3 Å². The van der Waals surface area contributed by atoms with Crippen LogP contribution in [0.15, 0.2) is 71.6 Å². The van der Waals surface area contributed by atoms with Crippen molar-refractivity contribution in [2.75, 3.05) is 32.0 Å². The highest BCUT2D eigenvalue weighted by molar-refractivity contribution is 7.89. The third-order valence-corrected chi connectivity index (χ3v) is 7.51. The van der Waals surface area contributed by atoms with Crippen molar-refractivity contribution in [2.24, 2.45) is 0 Å². The minimum absolute atomic E-state index is 0.129. The first-order valence-corrected chi connectivity index (χ1v) is 11.9. The van der Waals surface area contributed by atoms with E-state index in [-0.39, 0.29) is 23.3 Å². The first-order chi connectivity index (χ1) is 15.4. The van der Waals surface area contributed by atoms with Crippen molar-refractivity contribution >= 4 is 38.3 Å². The highest BCUT2D eigenvalue weighted by Gasteiger charge is 2.27. The van der Waals surface area contributed by atoms with Gasteiger partial charge in [0, 0.05) is 36.8 Å². The minimum atomic E-state index is -3.53. The molecule has 0 bridgehead atoms. The number of amides is 2. The van der Waals surface area contributed by atoms with Crippen LogP contribution in [0.5, 0.6) is 0 Å². The van der Waals surface area contributed by atoms with Gasteiger partial charge < -0.3 is 10.2 Å². The third kappa shape index (κ3) is 4.51.